The summed E-state index contributed by atoms with van der Waals surface area (Å²) in [6, 6.07) is -0.788. The van der Waals surface area contributed by atoms with Crippen LogP contribution in [0.25, 0.3) is 0 Å². The molecule has 0 fully saturated rings. The molecule has 9 heteroatoms. The van der Waals surface area contributed by atoms with E-state index in [2.05, 4.69) is 19.2 Å². The van der Waals surface area contributed by atoms with Crippen LogP contribution in [0.15, 0.2) is 0 Å². The summed E-state index contributed by atoms with van der Waals surface area (Å²) < 4.78 is 23.0. The lowest BCUT2D eigenvalue weighted by Gasteiger charge is -2.30. The summed E-state index contributed by atoms with van der Waals surface area (Å²) in [4.78, 5) is 25.0. The fourth-order valence-electron chi connectivity index (χ4n) is 4.98. The van der Waals surface area contributed by atoms with E-state index in [1.54, 1.807) is 0 Å². The van der Waals surface area contributed by atoms with Gasteiger partial charge in [-0.25, -0.2) is 0 Å². The van der Waals surface area contributed by atoms with Crippen molar-refractivity contribution in [3.8, 4) is 0 Å². The van der Waals surface area contributed by atoms with Crippen LogP contribution in [0.2, 0.25) is 0 Å². The topological polar surface area (TPSA) is 108 Å². The molecule has 0 saturated carbocycles. The first kappa shape index (κ1) is 41.5. The Hall–Kier alpha value is -0.500. The van der Waals surface area contributed by atoms with E-state index in [1.165, 1.54) is 89.9 Å². The number of amides is 1. The number of aliphatic hydroxyl groups excluding tert-OH is 1. The van der Waals surface area contributed by atoms with Gasteiger partial charge in [-0.2, -0.15) is 0 Å². The van der Waals surface area contributed by atoms with Crippen LogP contribution in [0.5, 0.6) is 0 Å². The number of phosphoric ester groups is 1. The fourth-order valence-corrected chi connectivity index (χ4v) is 5.70. The molecule has 0 aliphatic heterocycles. The number of hydrogen-bond donors (Lipinski definition) is 2. The largest absolute Gasteiger partial charge is 0.756 e. The molecule has 8 nitrogen and oxygen atoms in total. The minimum absolute atomic E-state index is 0.0150. The Bertz CT molecular complexity index is 673. The Morgan fingerprint density at radius 2 is 1.17 bits per heavy atom. The summed E-state index contributed by atoms with van der Waals surface area (Å²) in [7, 11) is 1.31. The highest BCUT2D eigenvalue weighted by atomic mass is 31.2. The molecular formula is C33H69N2O6P. The summed E-state index contributed by atoms with van der Waals surface area (Å²) >= 11 is 0. The Kier molecular flexibility index (Phi) is 26.5. The van der Waals surface area contributed by atoms with Crippen molar-refractivity contribution in [3.05, 3.63) is 0 Å². The minimum Gasteiger partial charge on any atom is -0.756 e. The number of likely N-dealkylation sites (N-methyl/N-ethyl adjacent to an activating group) is 1. The Morgan fingerprint density at radius 3 is 1.62 bits per heavy atom. The quantitative estimate of drug-likeness (QED) is 0.0468. The number of carbonyl (C=O) groups is 1. The molecule has 42 heavy (non-hydrogen) atoms. The summed E-state index contributed by atoms with van der Waals surface area (Å²) in [5.74, 6) is -0.169. The lowest BCUT2D eigenvalue weighted by atomic mass is 10.0. The van der Waals surface area contributed by atoms with Crippen LogP contribution in [0.1, 0.15) is 155 Å². The number of nitrogens with one attached hydrogen (secondary N) is 1. The Balaban J connectivity index is 4.51. The molecule has 2 N–H and O–H groups in total. The number of quaternary nitrogens is 1. The number of rotatable bonds is 31. The first-order valence-electron chi connectivity index (χ1n) is 17.4. The van der Waals surface area contributed by atoms with Crippen LogP contribution in [0.4, 0.5) is 0 Å². The van der Waals surface area contributed by atoms with Gasteiger partial charge in [-0.05, 0) is 12.8 Å². The highest BCUT2D eigenvalue weighted by Crippen LogP contribution is 2.38. The van der Waals surface area contributed by atoms with Gasteiger partial charge in [0, 0.05) is 6.42 Å². The van der Waals surface area contributed by atoms with E-state index in [9.17, 15) is 19.4 Å². The molecule has 0 aromatic heterocycles. The second kappa shape index (κ2) is 26.9. The van der Waals surface area contributed by atoms with E-state index in [0.29, 0.717) is 23.9 Å². The highest BCUT2D eigenvalue weighted by molar-refractivity contribution is 7.45. The highest BCUT2D eigenvalue weighted by Gasteiger charge is 2.24. The molecule has 1 amide bonds. The zero-order valence-corrected chi connectivity index (χ0v) is 29.1. The van der Waals surface area contributed by atoms with E-state index in [4.69, 9.17) is 9.05 Å². The third-order valence-electron chi connectivity index (χ3n) is 7.85. The molecule has 0 aromatic rings. The van der Waals surface area contributed by atoms with Crippen LogP contribution in [-0.4, -0.2) is 68.5 Å². The van der Waals surface area contributed by atoms with Gasteiger partial charge >= 0.3 is 0 Å². The second-order valence-electron chi connectivity index (χ2n) is 13.2. The minimum atomic E-state index is -4.54. The molecule has 0 heterocycles. The number of phosphoric acid groups is 1. The van der Waals surface area contributed by atoms with Crippen molar-refractivity contribution in [3.63, 3.8) is 0 Å². The molecule has 3 atom stereocenters. The van der Waals surface area contributed by atoms with Crippen LogP contribution in [0, 0.1) is 0 Å². The second-order valence-corrected chi connectivity index (χ2v) is 14.6. The van der Waals surface area contributed by atoms with Crippen molar-refractivity contribution in [2.45, 2.75) is 167 Å². The van der Waals surface area contributed by atoms with Crippen LogP contribution in [0.3, 0.4) is 0 Å². The van der Waals surface area contributed by atoms with Crippen molar-refractivity contribution < 1.29 is 32.9 Å². The van der Waals surface area contributed by atoms with Gasteiger partial charge in [0.15, 0.2) is 0 Å². The average molecular weight is 621 g/mol. The molecule has 0 aromatic carbocycles. The van der Waals surface area contributed by atoms with Gasteiger partial charge in [-0.15, -0.1) is 0 Å². The number of hydrogen-bond acceptors (Lipinski definition) is 6. The van der Waals surface area contributed by atoms with Gasteiger partial charge in [0.25, 0.3) is 7.82 Å². The number of aliphatic hydroxyl groups is 1. The summed E-state index contributed by atoms with van der Waals surface area (Å²) in [5.41, 5.74) is 0. The molecule has 0 rings (SSSR count). The van der Waals surface area contributed by atoms with Crippen LogP contribution in [-0.2, 0) is 18.4 Å². The molecule has 0 saturated heterocycles. The van der Waals surface area contributed by atoms with E-state index >= 15 is 0 Å². The van der Waals surface area contributed by atoms with Crippen molar-refractivity contribution in [2.75, 3.05) is 40.9 Å². The Morgan fingerprint density at radius 1 is 0.738 bits per heavy atom. The zero-order valence-electron chi connectivity index (χ0n) is 28.2. The van der Waals surface area contributed by atoms with Crippen molar-refractivity contribution in [1.82, 2.24) is 5.32 Å². The van der Waals surface area contributed by atoms with Crippen LogP contribution < -0.4 is 10.2 Å². The molecular weight excluding hydrogens is 551 g/mol. The standard InChI is InChI=1S/C33H69N2O6P/c1-6-8-10-12-14-16-17-19-21-23-25-27-33(37)34-31(30-41-42(38,39)40-29-28-35(3,4)5)32(36)26-24-22-20-18-15-13-11-9-7-2/h31-32,36H,6-30H2,1-5H3,(H-,34,37,38,39). The summed E-state index contributed by atoms with van der Waals surface area (Å²) in [6.07, 6.45) is 23.9. The number of nitrogens with zero attached hydrogens (tertiary/aromatic N) is 1. The monoisotopic (exact) mass is 620 g/mol. The van der Waals surface area contributed by atoms with E-state index < -0.39 is 20.0 Å². The average Bonchev–Trinajstić information content (AvgIpc) is 2.92. The van der Waals surface area contributed by atoms with Gasteiger partial charge in [0.2, 0.25) is 5.91 Å². The van der Waals surface area contributed by atoms with Crippen molar-refractivity contribution in [2.24, 2.45) is 0 Å². The van der Waals surface area contributed by atoms with Gasteiger partial charge < -0.3 is 28.8 Å². The van der Waals surface area contributed by atoms with Crippen molar-refractivity contribution >= 4 is 13.7 Å². The van der Waals surface area contributed by atoms with Gasteiger partial charge in [-0.1, -0.05) is 136 Å². The molecule has 0 radical (unpaired) electrons. The normalized spacial score (nSPS) is 14.9. The first-order chi connectivity index (χ1) is 20.0. The maximum atomic E-state index is 12.7. The smallest absolute Gasteiger partial charge is 0.268 e. The molecule has 252 valence electrons. The third kappa shape index (κ3) is 28.3. The molecule has 0 bridgehead atoms. The lowest BCUT2D eigenvalue weighted by molar-refractivity contribution is -0.870. The molecule has 3 unspecified atom stereocenters. The first-order valence-corrected chi connectivity index (χ1v) is 18.8. The number of unbranched alkanes of at least 4 members (excludes halogenated alkanes) is 18. The van der Waals surface area contributed by atoms with Gasteiger partial charge in [0.1, 0.15) is 13.2 Å². The maximum Gasteiger partial charge on any atom is 0.268 e. The van der Waals surface area contributed by atoms with E-state index in [1.807, 2.05) is 21.1 Å². The predicted octanol–water partition coefficient (Wildman–Crippen LogP) is 7.66. The van der Waals surface area contributed by atoms with E-state index in [-0.39, 0.29) is 19.1 Å². The third-order valence-corrected chi connectivity index (χ3v) is 8.81. The van der Waals surface area contributed by atoms with E-state index in [0.717, 1.165) is 38.5 Å². The van der Waals surface area contributed by atoms with Gasteiger partial charge in [0.05, 0.1) is 39.9 Å². The molecule has 0 spiro atoms. The van der Waals surface area contributed by atoms with Gasteiger partial charge in [-0.3, -0.25) is 9.36 Å². The zero-order chi connectivity index (χ0) is 31.5. The lowest BCUT2D eigenvalue weighted by Crippen LogP contribution is -2.46. The SMILES string of the molecule is CCCCCCCCCCCCCC(=O)NC(COP(=O)([O-])OCC[N+](C)(C)C)C(O)CCCCCCCCCCC. The predicted molar refractivity (Wildman–Crippen MR) is 173 cm³/mol. The number of carbonyl (C=O) groups excluding carboxylic acids is 1. The maximum absolute atomic E-state index is 12.7. The molecule has 0 aliphatic carbocycles. The van der Waals surface area contributed by atoms with Crippen LogP contribution >= 0.6 is 7.82 Å². The van der Waals surface area contributed by atoms with Crippen molar-refractivity contribution in [1.29, 1.82) is 0 Å². The molecule has 0 aliphatic rings. The summed E-state index contributed by atoms with van der Waals surface area (Å²) in [5, 5.41) is 13.7. The fraction of sp³-hybridized carbons (Fsp3) is 0.970. The Labute approximate surface area is 259 Å². The summed E-state index contributed by atoms with van der Waals surface area (Å²) in [6.45, 7) is 4.66.